The highest BCUT2D eigenvalue weighted by atomic mass is 16.3. The second kappa shape index (κ2) is 4.58. The normalized spacial score (nSPS) is 59.2. The molecule has 0 radical (unpaired) electrons. The minimum atomic E-state index is -0.500. The Hall–Kier alpha value is -0.340. The standard InChI is InChI=1S/C19H30O2/c1-18-9-4-3-5-12(18)6-7-13-14(18)8-10-19(2)15(13)11-16(20)17(19)21/h3-4,12-17,20-21H,5-11H2,1-2H3. The Labute approximate surface area is 128 Å². The van der Waals surface area contributed by atoms with Gasteiger partial charge in [-0.3, -0.25) is 0 Å². The summed E-state index contributed by atoms with van der Waals surface area (Å²) in [5, 5.41) is 20.7. The zero-order chi connectivity index (χ0) is 14.8. The lowest BCUT2D eigenvalue weighted by molar-refractivity contribution is -0.113. The highest BCUT2D eigenvalue weighted by Crippen LogP contribution is 2.65. The van der Waals surface area contributed by atoms with Crippen LogP contribution in [0.5, 0.6) is 0 Å². The lowest BCUT2D eigenvalue weighted by Crippen LogP contribution is -2.53. The quantitative estimate of drug-likeness (QED) is 0.670. The third-order valence-corrected chi connectivity index (χ3v) is 8.18. The first-order chi connectivity index (χ1) is 9.97. The Kier molecular flexibility index (Phi) is 3.11. The molecule has 8 unspecified atom stereocenters. The summed E-state index contributed by atoms with van der Waals surface area (Å²) in [6.45, 7) is 4.77. The van der Waals surface area contributed by atoms with Crippen molar-refractivity contribution in [3.8, 4) is 0 Å². The Balaban J connectivity index is 1.67. The highest BCUT2D eigenvalue weighted by Gasteiger charge is 2.61. The van der Waals surface area contributed by atoms with E-state index in [-0.39, 0.29) is 5.41 Å². The number of rotatable bonds is 0. The number of hydrogen-bond acceptors (Lipinski definition) is 2. The first-order valence-corrected chi connectivity index (χ1v) is 8.98. The number of allylic oxidation sites excluding steroid dienone is 2. The minimum absolute atomic E-state index is 0.0334. The summed E-state index contributed by atoms with van der Waals surface area (Å²) in [5.41, 5.74) is 0.436. The molecule has 0 spiro atoms. The van der Waals surface area contributed by atoms with Gasteiger partial charge in [0.25, 0.3) is 0 Å². The molecule has 0 amide bonds. The molecule has 8 atom stereocenters. The van der Waals surface area contributed by atoms with Crippen molar-refractivity contribution in [3.05, 3.63) is 12.2 Å². The van der Waals surface area contributed by atoms with Crippen molar-refractivity contribution in [2.24, 2.45) is 34.5 Å². The van der Waals surface area contributed by atoms with Gasteiger partial charge in [0, 0.05) is 0 Å². The first kappa shape index (κ1) is 14.3. The number of aliphatic hydroxyl groups is 2. The van der Waals surface area contributed by atoms with E-state index in [0.717, 1.165) is 30.6 Å². The van der Waals surface area contributed by atoms with E-state index < -0.39 is 12.2 Å². The van der Waals surface area contributed by atoms with Gasteiger partial charge in [0.2, 0.25) is 0 Å². The molecule has 21 heavy (non-hydrogen) atoms. The molecule has 0 bridgehead atoms. The third-order valence-electron chi connectivity index (χ3n) is 8.18. The number of aliphatic hydroxyl groups excluding tert-OH is 2. The molecule has 2 nitrogen and oxygen atoms in total. The highest BCUT2D eigenvalue weighted by molar-refractivity contribution is 5.13. The summed E-state index contributed by atoms with van der Waals surface area (Å²) in [4.78, 5) is 0. The molecular formula is C19H30O2. The van der Waals surface area contributed by atoms with Gasteiger partial charge >= 0.3 is 0 Å². The Morgan fingerprint density at radius 3 is 2.57 bits per heavy atom. The fourth-order valence-electron chi connectivity index (χ4n) is 6.83. The molecule has 3 fully saturated rings. The predicted molar refractivity (Wildman–Crippen MR) is 83.6 cm³/mol. The van der Waals surface area contributed by atoms with Gasteiger partial charge in [0.05, 0.1) is 12.2 Å². The van der Waals surface area contributed by atoms with E-state index >= 15 is 0 Å². The molecule has 0 aromatic heterocycles. The average molecular weight is 290 g/mol. The smallest absolute Gasteiger partial charge is 0.0855 e. The predicted octanol–water partition coefficient (Wildman–Crippen LogP) is 3.53. The van der Waals surface area contributed by atoms with Gasteiger partial charge in [0.15, 0.2) is 0 Å². The average Bonchev–Trinajstić information content (AvgIpc) is 2.70. The van der Waals surface area contributed by atoms with Gasteiger partial charge in [-0.25, -0.2) is 0 Å². The zero-order valence-corrected chi connectivity index (χ0v) is 13.5. The van der Waals surface area contributed by atoms with E-state index in [4.69, 9.17) is 0 Å². The van der Waals surface area contributed by atoms with Crippen LogP contribution >= 0.6 is 0 Å². The Bertz CT molecular complexity index is 458. The molecule has 0 aromatic carbocycles. The molecule has 4 aliphatic rings. The van der Waals surface area contributed by atoms with E-state index in [2.05, 4.69) is 26.0 Å². The maximum Gasteiger partial charge on any atom is 0.0855 e. The van der Waals surface area contributed by atoms with Crippen LogP contribution in [-0.2, 0) is 0 Å². The van der Waals surface area contributed by atoms with Gasteiger partial charge in [-0.15, -0.1) is 0 Å². The zero-order valence-electron chi connectivity index (χ0n) is 13.5. The first-order valence-electron chi connectivity index (χ1n) is 8.98. The van der Waals surface area contributed by atoms with Crippen molar-refractivity contribution in [1.29, 1.82) is 0 Å². The van der Waals surface area contributed by atoms with Gasteiger partial charge in [0.1, 0.15) is 0 Å². The number of hydrogen-bond donors (Lipinski definition) is 2. The van der Waals surface area contributed by atoms with Crippen LogP contribution < -0.4 is 0 Å². The van der Waals surface area contributed by atoms with Crippen LogP contribution in [-0.4, -0.2) is 22.4 Å². The van der Waals surface area contributed by atoms with Crippen molar-refractivity contribution in [1.82, 2.24) is 0 Å². The molecule has 4 aliphatic carbocycles. The molecule has 118 valence electrons. The molecule has 0 heterocycles. The van der Waals surface area contributed by atoms with Crippen molar-refractivity contribution in [3.63, 3.8) is 0 Å². The second-order valence-electron chi connectivity index (χ2n) is 8.86. The van der Waals surface area contributed by atoms with Crippen molar-refractivity contribution in [2.45, 2.75) is 71.0 Å². The summed E-state index contributed by atoms with van der Waals surface area (Å²) in [5.74, 6) is 2.93. The topological polar surface area (TPSA) is 40.5 Å². The SMILES string of the molecule is CC12CC=CCC1CCC1C2CCC2(C)C(O)C(O)CC12. The summed E-state index contributed by atoms with van der Waals surface area (Å²) in [7, 11) is 0. The maximum atomic E-state index is 10.5. The summed E-state index contributed by atoms with van der Waals surface area (Å²) in [6, 6.07) is 0. The molecule has 3 saturated carbocycles. The molecule has 2 heteroatoms. The van der Waals surface area contributed by atoms with Gasteiger partial charge in [-0.05, 0) is 79.4 Å². The fourth-order valence-corrected chi connectivity index (χ4v) is 6.83. The van der Waals surface area contributed by atoms with Crippen molar-refractivity contribution in [2.75, 3.05) is 0 Å². The second-order valence-corrected chi connectivity index (χ2v) is 8.86. The third kappa shape index (κ3) is 1.78. The minimum Gasteiger partial charge on any atom is -0.390 e. The summed E-state index contributed by atoms with van der Waals surface area (Å²) in [6.07, 6.45) is 12.2. The van der Waals surface area contributed by atoms with E-state index in [1.807, 2.05) is 0 Å². The molecule has 4 rings (SSSR count). The van der Waals surface area contributed by atoms with Gasteiger partial charge in [-0.2, -0.15) is 0 Å². The van der Waals surface area contributed by atoms with Crippen LogP contribution in [0.15, 0.2) is 12.2 Å². The van der Waals surface area contributed by atoms with E-state index in [9.17, 15) is 10.2 Å². The van der Waals surface area contributed by atoms with Crippen molar-refractivity contribution >= 4 is 0 Å². The molecular weight excluding hydrogens is 260 g/mol. The van der Waals surface area contributed by atoms with Crippen LogP contribution in [0.2, 0.25) is 0 Å². The van der Waals surface area contributed by atoms with Crippen LogP contribution in [0.3, 0.4) is 0 Å². The Morgan fingerprint density at radius 2 is 1.76 bits per heavy atom. The van der Waals surface area contributed by atoms with Crippen LogP contribution in [0.1, 0.15) is 58.8 Å². The molecule has 0 aromatic rings. The lowest BCUT2D eigenvalue weighted by Gasteiger charge is -2.59. The van der Waals surface area contributed by atoms with Crippen LogP contribution in [0.4, 0.5) is 0 Å². The molecule has 2 N–H and O–H groups in total. The largest absolute Gasteiger partial charge is 0.390 e. The van der Waals surface area contributed by atoms with Crippen LogP contribution in [0, 0.1) is 34.5 Å². The van der Waals surface area contributed by atoms with E-state index in [1.54, 1.807) is 0 Å². The van der Waals surface area contributed by atoms with E-state index in [0.29, 0.717) is 11.3 Å². The summed E-state index contributed by atoms with van der Waals surface area (Å²) < 4.78 is 0. The number of fused-ring (bicyclic) bond motifs is 5. The molecule has 0 aliphatic heterocycles. The van der Waals surface area contributed by atoms with Gasteiger partial charge < -0.3 is 10.2 Å². The Morgan fingerprint density at radius 1 is 0.952 bits per heavy atom. The van der Waals surface area contributed by atoms with Gasteiger partial charge in [-0.1, -0.05) is 26.0 Å². The van der Waals surface area contributed by atoms with Crippen LogP contribution in [0.25, 0.3) is 0 Å². The van der Waals surface area contributed by atoms with E-state index in [1.165, 1.54) is 32.1 Å². The molecule has 0 saturated heterocycles. The fraction of sp³-hybridized carbons (Fsp3) is 0.895. The maximum absolute atomic E-state index is 10.5. The monoisotopic (exact) mass is 290 g/mol. The van der Waals surface area contributed by atoms with Crippen molar-refractivity contribution < 1.29 is 10.2 Å². The lowest BCUT2D eigenvalue weighted by atomic mass is 9.46. The summed E-state index contributed by atoms with van der Waals surface area (Å²) >= 11 is 0.